The summed E-state index contributed by atoms with van der Waals surface area (Å²) in [4.78, 5) is 12.0. The van der Waals surface area contributed by atoms with Gasteiger partial charge < -0.3 is 0 Å². The molecule has 0 unspecified atom stereocenters. The summed E-state index contributed by atoms with van der Waals surface area (Å²) in [6.45, 7) is 1.98. The summed E-state index contributed by atoms with van der Waals surface area (Å²) >= 11 is 7.01. The van der Waals surface area contributed by atoms with Crippen LogP contribution in [-0.4, -0.2) is 22.0 Å². The number of aromatic nitrogens is 2. The molecule has 0 saturated carbocycles. The minimum atomic E-state index is -0.167. The van der Waals surface area contributed by atoms with Gasteiger partial charge in [-0.1, -0.05) is 29.0 Å². The van der Waals surface area contributed by atoms with Gasteiger partial charge in [-0.2, -0.15) is 0 Å². The highest BCUT2D eigenvalue weighted by molar-refractivity contribution is 7.15. The van der Waals surface area contributed by atoms with Gasteiger partial charge in [0.1, 0.15) is 5.01 Å². The molecule has 0 atom stereocenters. The van der Waals surface area contributed by atoms with Gasteiger partial charge in [0, 0.05) is 17.9 Å². The summed E-state index contributed by atoms with van der Waals surface area (Å²) in [6.07, 6.45) is 1.66. The van der Waals surface area contributed by atoms with Crippen molar-refractivity contribution in [3.05, 3.63) is 40.4 Å². The summed E-state index contributed by atoms with van der Waals surface area (Å²) in [5, 5.41) is 12.1. The Bertz CT molecular complexity index is 553. The van der Waals surface area contributed by atoms with Crippen molar-refractivity contribution in [1.29, 1.82) is 0 Å². The lowest BCUT2D eigenvalue weighted by Gasteiger charge is -2.01. The fourth-order valence-electron chi connectivity index (χ4n) is 1.50. The van der Waals surface area contributed by atoms with Crippen molar-refractivity contribution in [2.24, 2.45) is 0 Å². The lowest BCUT2D eigenvalue weighted by molar-refractivity contribution is 0.102. The third-order valence-electron chi connectivity index (χ3n) is 2.53. The number of rotatable bonds is 5. The molecule has 0 aliphatic rings. The van der Waals surface area contributed by atoms with Gasteiger partial charge in [-0.3, -0.25) is 10.1 Å². The van der Waals surface area contributed by atoms with E-state index in [2.05, 4.69) is 15.5 Å². The number of anilines is 1. The van der Waals surface area contributed by atoms with Crippen LogP contribution in [0.1, 0.15) is 27.3 Å². The number of amides is 1. The molecule has 1 aromatic heterocycles. The molecule has 6 heteroatoms. The molecule has 0 bridgehead atoms. The van der Waals surface area contributed by atoms with E-state index < -0.39 is 0 Å². The molecule has 2 rings (SSSR count). The Morgan fingerprint density at radius 2 is 2.05 bits per heavy atom. The third kappa shape index (κ3) is 4.01. The molecule has 1 aromatic carbocycles. The fourth-order valence-corrected chi connectivity index (χ4v) is 2.41. The molecule has 1 heterocycles. The van der Waals surface area contributed by atoms with E-state index in [1.165, 1.54) is 11.3 Å². The number of benzene rings is 1. The SMILES string of the molecule is Cc1ccc(C(=O)Nc2nnc(CCCCl)s2)cc1. The van der Waals surface area contributed by atoms with Crippen LogP contribution in [0.5, 0.6) is 0 Å². The number of nitrogens with zero attached hydrogens (tertiary/aromatic N) is 2. The van der Waals surface area contributed by atoms with Gasteiger partial charge in [0.05, 0.1) is 0 Å². The number of nitrogens with one attached hydrogen (secondary N) is 1. The second kappa shape index (κ2) is 6.63. The van der Waals surface area contributed by atoms with Gasteiger partial charge in [0.2, 0.25) is 5.13 Å². The Morgan fingerprint density at radius 3 is 2.74 bits per heavy atom. The van der Waals surface area contributed by atoms with E-state index in [0.29, 0.717) is 16.6 Å². The molecule has 4 nitrogen and oxygen atoms in total. The van der Waals surface area contributed by atoms with Crippen LogP contribution in [-0.2, 0) is 6.42 Å². The number of carbonyl (C=O) groups is 1. The second-order valence-corrected chi connectivity index (χ2v) is 5.55. The maximum Gasteiger partial charge on any atom is 0.257 e. The molecule has 0 aliphatic heterocycles. The average Bonchev–Trinajstić information content (AvgIpc) is 2.84. The molecule has 100 valence electrons. The van der Waals surface area contributed by atoms with Crippen LogP contribution in [0.25, 0.3) is 0 Å². The Balaban J connectivity index is 1.98. The molecule has 1 amide bonds. The lowest BCUT2D eigenvalue weighted by atomic mass is 10.1. The monoisotopic (exact) mass is 295 g/mol. The van der Waals surface area contributed by atoms with Crippen LogP contribution in [0.3, 0.4) is 0 Å². The summed E-state index contributed by atoms with van der Waals surface area (Å²) in [7, 11) is 0. The third-order valence-corrected chi connectivity index (χ3v) is 3.69. The molecule has 0 saturated heterocycles. The lowest BCUT2D eigenvalue weighted by Crippen LogP contribution is -2.11. The molecule has 0 spiro atoms. The normalized spacial score (nSPS) is 10.4. The Kier molecular flexibility index (Phi) is 4.87. The zero-order valence-corrected chi connectivity index (χ0v) is 12.1. The van der Waals surface area contributed by atoms with Crippen LogP contribution < -0.4 is 5.32 Å². The number of hydrogen-bond donors (Lipinski definition) is 1. The van der Waals surface area contributed by atoms with E-state index in [9.17, 15) is 4.79 Å². The number of hydrogen-bond acceptors (Lipinski definition) is 4. The van der Waals surface area contributed by atoms with Crippen LogP contribution in [0.2, 0.25) is 0 Å². The van der Waals surface area contributed by atoms with Crippen molar-refractivity contribution in [3.8, 4) is 0 Å². The number of aryl methyl sites for hydroxylation is 2. The number of halogens is 1. The molecular weight excluding hydrogens is 282 g/mol. The minimum Gasteiger partial charge on any atom is -0.296 e. The Hall–Kier alpha value is -1.46. The maximum atomic E-state index is 12.0. The maximum absolute atomic E-state index is 12.0. The smallest absolute Gasteiger partial charge is 0.257 e. The number of carbonyl (C=O) groups excluding carboxylic acids is 1. The van der Waals surface area contributed by atoms with Crippen LogP contribution in [0.4, 0.5) is 5.13 Å². The molecule has 0 radical (unpaired) electrons. The average molecular weight is 296 g/mol. The van der Waals surface area contributed by atoms with Crippen LogP contribution >= 0.6 is 22.9 Å². The zero-order valence-electron chi connectivity index (χ0n) is 10.5. The predicted octanol–water partition coefficient (Wildman–Crippen LogP) is 3.27. The quantitative estimate of drug-likeness (QED) is 0.861. The van der Waals surface area contributed by atoms with Crippen molar-refractivity contribution in [1.82, 2.24) is 10.2 Å². The molecule has 0 fully saturated rings. The minimum absolute atomic E-state index is 0.167. The predicted molar refractivity (Wildman–Crippen MR) is 78.1 cm³/mol. The van der Waals surface area contributed by atoms with Crippen LogP contribution in [0, 0.1) is 6.92 Å². The van der Waals surface area contributed by atoms with E-state index in [4.69, 9.17) is 11.6 Å². The van der Waals surface area contributed by atoms with E-state index in [0.717, 1.165) is 23.4 Å². The van der Waals surface area contributed by atoms with Crippen molar-refractivity contribution >= 4 is 34.0 Å². The first-order valence-corrected chi connectivity index (χ1v) is 7.30. The summed E-state index contributed by atoms with van der Waals surface area (Å²) in [5.74, 6) is 0.435. The van der Waals surface area contributed by atoms with Gasteiger partial charge in [-0.05, 0) is 25.5 Å². The highest BCUT2D eigenvalue weighted by atomic mass is 35.5. The molecule has 2 aromatic rings. The largest absolute Gasteiger partial charge is 0.296 e. The summed E-state index contributed by atoms with van der Waals surface area (Å²) < 4.78 is 0. The molecular formula is C13H14ClN3OS. The summed E-state index contributed by atoms with van der Waals surface area (Å²) in [6, 6.07) is 7.39. The van der Waals surface area contributed by atoms with Gasteiger partial charge >= 0.3 is 0 Å². The fraction of sp³-hybridized carbons (Fsp3) is 0.308. The Labute approximate surface area is 120 Å². The highest BCUT2D eigenvalue weighted by Crippen LogP contribution is 2.17. The van der Waals surface area contributed by atoms with Gasteiger partial charge in [0.25, 0.3) is 5.91 Å². The topological polar surface area (TPSA) is 54.9 Å². The van der Waals surface area contributed by atoms with Crippen molar-refractivity contribution in [2.45, 2.75) is 19.8 Å². The first-order chi connectivity index (χ1) is 9.19. The van der Waals surface area contributed by atoms with E-state index >= 15 is 0 Å². The van der Waals surface area contributed by atoms with Crippen LogP contribution in [0.15, 0.2) is 24.3 Å². The van der Waals surface area contributed by atoms with E-state index in [1.54, 1.807) is 12.1 Å². The van der Waals surface area contributed by atoms with E-state index in [1.807, 2.05) is 19.1 Å². The van der Waals surface area contributed by atoms with Gasteiger partial charge in [-0.25, -0.2) is 0 Å². The first kappa shape index (κ1) is 14.0. The second-order valence-electron chi connectivity index (χ2n) is 4.11. The van der Waals surface area contributed by atoms with Crippen molar-refractivity contribution in [3.63, 3.8) is 0 Å². The van der Waals surface area contributed by atoms with Gasteiger partial charge in [0.15, 0.2) is 0 Å². The van der Waals surface area contributed by atoms with Crippen molar-refractivity contribution < 1.29 is 4.79 Å². The standard InChI is InChI=1S/C13H14ClN3OS/c1-9-4-6-10(7-5-9)12(18)15-13-17-16-11(19-13)3-2-8-14/h4-7H,2-3,8H2,1H3,(H,15,17,18). The summed E-state index contributed by atoms with van der Waals surface area (Å²) in [5.41, 5.74) is 1.74. The molecule has 19 heavy (non-hydrogen) atoms. The first-order valence-electron chi connectivity index (χ1n) is 5.95. The van der Waals surface area contributed by atoms with Crippen molar-refractivity contribution in [2.75, 3.05) is 11.2 Å². The van der Waals surface area contributed by atoms with Gasteiger partial charge in [-0.15, -0.1) is 21.8 Å². The molecule has 0 aliphatic carbocycles. The molecule has 1 N–H and O–H groups in total. The highest BCUT2D eigenvalue weighted by Gasteiger charge is 2.09. The zero-order chi connectivity index (χ0) is 13.7. The Morgan fingerprint density at radius 1 is 1.32 bits per heavy atom. The van der Waals surface area contributed by atoms with E-state index in [-0.39, 0.29) is 5.91 Å². The number of alkyl halides is 1.